The van der Waals surface area contributed by atoms with Gasteiger partial charge in [-0.05, 0) is 32.4 Å². The van der Waals surface area contributed by atoms with Crippen molar-refractivity contribution >= 4 is 0 Å². The van der Waals surface area contributed by atoms with Crippen molar-refractivity contribution in [1.82, 2.24) is 10.6 Å². The summed E-state index contributed by atoms with van der Waals surface area (Å²) in [5, 5.41) is 6.48. The van der Waals surface area contributed by atoms with Gasteiger partial charge in [0.05, 0.1) is 13.2 Å². The molecular weight excluding hydrogens is 233 g/mol. The van der Waals surface area contributed by atoms with Gasteiger partial charge in [0.2, 0.25) is 0 Å². The highest BCUT2D eigenvalue weighted by molar-refractivity contribution is 4.70. The highest BCUT2D eigenvalue weighted by atomic mass is 19.4. The van der Waals surface area contributed by atoms with E-state index in [2.05, 4.69) is 10.6 Å². The number of nitrogens with one attached hydrogen (secondary N) is 2. The topological polar surface area (TPSA) is 33.3 Å². The molecule has 102 valence electrons. The summed E-state index contributed by atoms with van der Waals surface area (Å²) in [5.41, 5.74) is 0. The third-order valence-corrected chi connectivity index (χ3v) is 2.73. The zero-order chi connectivity index (χ0) is 12.6. The second-order valence-corrected chi connectivity index (χ2v) is 4.34. The summed E-state index contributed by atoms with van der Waals surface area (Å²) in [6.07, 6.45) is -2.94. The molecule has 0 spiro atoms. The molecule has 1 aliphatic rings. The Morgan fingerprint density at radius 3 is 2.71 bits per heavy atom. The number of hydrogen-bond acceptors (Lipinski definition) is 3. The monoisotopic (exact) mass is 254 g/mol. The predicted molar refractivity (Wildman–Crippen MR) is 60.0 cm³/mol. The summed E-state index contributed by atoms with van der Waals surface area (Å²) in [6, 6.07) is 0.381. The van der Waals surface area contributed by atoms with E-state index >= 15 is 0 Å². The Morgan fingerprint density at radius 2 is 2.06 bits per heavy atom. The van der Waals surface area contributed by atoms with Gasteiger partial charge in [0.15, 0.2) is 0 Å². The van der Waals surface area contributed by atoms with E-state index in [1.54, 1.807) is 0 Å². The van der Waals surface area contributed by atoms with Gasteiger partial charge in [-0.2, -0.15) is 13.2 Å². The number of morpholine rings is 1. The van der Waals surface area contributed by atoms with E-state index in [1.807, 2.05) is 0 Å². The fourth-order valence-electron chi connectivity index (χ4n) is 1.78. The van der Waals surface area contributed by atoms with Gasteiger partial charge < -0.3 is 15.4 Å². The lowest BCUT2D eigenvalue weighted by molar-refractivity contribution is -0.135. The highest BCUT2D eigenvalue weighted by Gasteiger charge is 2.25. The van der Waals surface area contributed by atoms with E-state index in [4.69, 9.17) is 4.74 Å². The minimum Gasteiger partial charge on any atom is -0.379 e. The van der Waals surface area contributed by atoms with Crippen molar-refractivity contribution < 1.29 is 17.9 Å². The zero-order valence-electron chi connectivity index (χ0n) is 9.98. The van der Waals surface area contributed by atoms with Crippen molar-refractivity contribution in [3.05, 3.63) is 0 Å². The van der Waals surface area contributed by atoms with Gasteiger partial charge in [0.1, 0.15) is 0 Å². The second-order valence-electron chi connectivity index (χ2n) is 4.34. The summed E-state index contributed by atoms with van der Waals surface area (Å²) >= 11 is 0. The van der Waals surface area contributed by atoms with Crippen LogP contribution in [-0.4, -0.2) is 45.1 Å². The minimum absolute atomic E-state index is 0.210. The lowest BCUT2D eigenvalue weighted by Crippen LogP contribution is -2.42. The lowest BCUT2D eigenvalue weighted by Gasteiger charge is -2.23. The smallest absolute Gasteiger partial charge is 0.379 e. The van der Waals surface area contributed by atoms with Crippen LogP contribution in [0.25, 0.3) is 0 Å². The number of rotatable bonds is 7. The molecular formula is C11H21F3N2O. The van der Waals surface area contributed by atoms with Crippen LogP contribution >= 0.6 is 0 Å². The van der Waals surface area contributed by atoms with Crippen LogP contribution in [0.2, 0.25) is 0 Å². The molecule has 0 aromatic carbocycles. The van der Waals surface area contributed by atoms with Crippen molar-refractivity contribution in [1.29, 1.82) is 0 Å². The average Bonchev–Trinajstić information content (AvgIpc) is 2.28. The SMILES string of the molecule is FC(F)(F)CCCCNCCC1COCCN1. The molecule has 0 aliphatic carbocycles. The first-order valence-electron chi connectivity index (χ1n) is 6.16. The van der Waals surface area contributed by atoms with Crippen molar-refractivity contribution in [2.75, 3.05) is 32.8 Å². The summed E-state index contributed by atoms with van der Waals surface area (Å²) in [7, 11) is 0. The van der Waals surface area contributed by atoms with Gasteiger partial charge >= 0.3 is 6.18 Å². The normalized spacial score (nSPS) is 21.7. The molecule has 0 bridgehead atoms. The molecule has 1 heterocycles. The van der Waals surface area contributed by atoms with Gasteiger partial charge in [-0.25, -0.2) is 0 Å². The first-order chi connectivity index (χ1) is 8.08. The minimum atomic E-state index is -4.01. The van der Waals surface area contributed by atoms with Crippen LogP contribution in [-0.2, 0) is 4.74 Å². The van der Waals surface area contributed by atoms with Crippen LogP contribution in [0.3, 0.4) is 0 Å². The molecule has 0 aromatic rings. The van der Waals surface area contributed by atoms with Crippen LogP contribution in [0.1, 0.15) is 25.7 Å². The first kappa shape index (κ1) is 14.7. The van der Waals surface area contributed by atoms with Crippen LogP contribution < -0.4 is 10.6 Å². The Hall–Kier alpha value is -0.330. The van der Waals surface area contributed by atoms with Crippen LogP contribution in [0.4, 0.5) is 13.2 Å². The third kappa shape index (κ3) is 8.40. The quantitative estimate of drug-likeness (QED) is 0.678. The number of hydrogen-bond donors (Lipinski definition) is 2. The van der Waals surface area contributed by atoms with Gasteiger partial charge in [0.25, 0.3) is 0 Å². The molecule has 1 fully saturated rings. The largest absolute Gasteiger partial charge is 0.389 e. The summed E-state index contributed by atoms with van der Waals surface area (Å²) < 4.78 is 40.8. The standard InChI is InChI=1S/C11H21F3N2O/c12-11(13,14)4-1-2-5-15-6-3-10-9-17-8-7-16-10/h10,15-16H,1-9H2. The average molecular weight is 254 g/mol. The van der Waals surface area contributed by atoms with Gasteiger partial charge in [-0.3, -0.25) is 0 Å². The van der Waals surface area contributed by atoms with Crippen LogP contribution in [0, 0.1) is 0 Å². The molecule has 0 radical (unpaired) electrons. The highest BCUT2D eigenvalue weighted by Crippen LogP contribution is 2.21. The van der Waals surface area contributed by atoms with Crippen molar-refractivity contribution in [2.45, 2.75) is 37.9 Å². The lowest BCUT2D eigenvalue weighted by atomic mass is 10.2. The maximum atomic E-state index is 11.8. The molecule has 2 N–H and O–H groups in total. The Balaban J connectivity index is 1.84. The van der Waals surface area contributed by atoms with Crippen molar-refractivity contribution in [3.8, 4) is 0 Å². The first-order valence-corrected chi connectivity index (χ1v) is 6.16. The van der Waals surface area contributed by atoms with Crippen molar-refractivity contribution in [3.63, 3.8) is 0 Å². The number of halogens is 3. The number of ether oxygens (including phenoxy) is 1. The molecule has 1 unspecified atom stereocenters. The van der Waals surface area contributed by atoms with Gasteiger partial charge in [0, 0.05) is 19.0 Å². The fourth-order valence-corrected chi connectivity index (χ4v) is 1.78. The molecule has 1 aliphatic heterocycles. The van der Waals surface area contributed by atoms with E-state index in [0.29, 0.717) is 19.0 Å². The molecule has 1 atom stereocenters. The predicted octanol–water partition coefficient (Wildman–Crippen LogP) is 1.69. The maximum Gasteiger partial charge on any atom is 0.389 e. The third-order valence-electron chi connectivity index (χ3n) is 2.73. The van der Waals surface area contributed by atoms with Crippen LogP contribution in [0.5, 0.6) is 0 Å². The Morgan fingerprint density at radius 1 is 1.24 bits per heavy atom. The molecule has 17 heavy (non-hydrogen) atoms. The van der Waals surface area contributed by atoms with E-state index in [-0.39, 0.29) is 6.42 Å². The molecule has 3 nitrogen and oxygen atoms in total. The molecule has 1 rings (SSSR count). The molecule has 0 amide bonds. The van der Waals surface area contributed by atoms with E-state index in [1.165, 1.54) is 0 Å². The molecule has 1 saturated heterocycles. The fraction of sp³-hybridized carbons (Fsp3) is 1.00. The zero-order valence-corrected chi connectivity index (χ0v) is 9.98. The molecule has 0 aromatic heterocycles. The van der Waals surface area contributed by atoms with E-state index in [9.17, 15) is 13.2 Å². The second kappa shape index (κ2) is 7.89. The molecule has 0 saturated carbocycles. The number of unbranched alkanes of at least 4 members (excludes halogenated alkanes) is 1. The van der Waals surface area contributed by atoms with Gasteiger partial charge in [-0.1, -0.05) is 0 Å². The summed E-state index contributed by atoms with van der Waals surface area (Å²) in [6.45, 7) is 3.87. The number of alkyl halides is 3. The van der Waals surface area contributed by atoms with Crippen LogP contribution in [0.15, 0.2) is 0 Å². The Labute approximate surface area is 100 Å². The van der Waals surface area contributed by atoms with Crippen molar-refractivity contribution in [2.24, 2.45) is 0 Å². The summed E-state index contributed by atoms with van der Waals surface area (Å²) in [5.74, 6) is 0. The molecule has 6 heteroatoms. The Kier molecular flexibility index (Phi) is 6.84. The van der Waals surface area contributed by atoms with E-state index < -0.39 is 12.6 Å². The maximum absolute atomic E-state index is 11.8. The van der Waals surface area contributed by atoms with E-state index in [0.717, 1.165) is 32.7 Å². The Bertz CT molecular complexity index is 194. The summed E-state index contributed by atoms with van der Waals surface area (Å²) in [4.78, 5) is 0. The van der Waals surface area contributed by atoms with Gasteiger partial charge in [-0.15, -0.1) is 0 Å².